The second-order valence-electron chi connectivity index (χ2n) is 32.4. The van der Waals surface area contributed by atoms with Gasteiger partial charge in [-0.25, -0.2) is 9.36 Å². The summed E-state index contributed by atoms with van der Waals surface area (Å²) in [7, 11) is 0. The van der Waals surface area contributed by atoms with Crippen molar-refractivity contribution < 1.29 is 59.3 Å². The Bertz CT molecular complexity index is 3190. The van der Waals surface area contributed by atoms with E-state index in [1.165, 1.54) is 0 Å². The largest absolute Gasteiger partial charge is 0.459 e. The summed E-state index contributed by atoms with van der Waals surface area (Å²) in [6, 6.07) is 17.1. The number of esters is 2. The van der Waals surface area contributed by atoms with Crippen LogP contribution in [0, 0.1) is 92.7 Å². The van der Waals surface area contributed by atoms with Gasteiger partial charge in [-0.2, -0.15) is 0 Å². The average molecular weight is 1300 g/mol. The Morgan fingerprint density at radius 2 is 0.915 bits per heavy atom. The minimum Gasteiger partial charge on any atom is -0.459 e. The quantitative estimate of drug-likeness (QED) is 0.0378. The normalized spacial score (nSPS) is 42.0. The van der Waals surface area contributed by atoms with Gasteiger partial charge in [-0.3, -0.25) is 19.2 Å². The number of amides is 2. The Morgan fingerprint density at radius 1 is 0.521 bits per heavy atom. The molecule has 510 valence electrons. The fourth-order valence-corrected chi connectivity index (χ4v) is 23.2. The summed E-state index contributed by atoms with van der Waals surface area (Å²) in [5, 5.41) is 86.2. The van der Waals surface area contributed by atoms with E-state index >= 15 is 0 Å². The van der Waals surface area contributed by atoms with E-state index in [2.05, 4.69) is 62.2 Å². The van der Waals surface area contributed by atoms with Crippen molar-refractivity contribution in [2.24, 2.45) is 92.7 Å². The zero-order valence-electron chi connectivity index (χ0n) is 55.9. The number of likely N-dealkylation sites (tertiary alicyclic amines) is 2. The average Bonchev–Trinajstić information content (AvgIpc) is 1.39. The zero-order valence-corrected chi connectivity index (χ0v) is 55.9. The van der Waals surface area contributed by atoms with Crippen molar-refractivity contribution in [3.05, 3.63) is 95.6 Å². The maximum Gasteiger partial charge on any atom is 0.306 e. The summed E-state index contributed by atoms with van der Waals surface area (Å²) in [5.74, 6) is 1.15. The Labute approximate surface area is 552 Å². The predicted octanol–water partition coefficient (Wildman–Crippen LogP) is 8.66. The Balaban J connectivity index is 0.563. The summed E-state index contributed by atoms with van der Waals surface area (Å²) in [4.78, 5) is 59.2. The topological polar surface area (TPSA) is 276 Å². The molecule has 94 heavy (non-hydrogen) atoms. The van der Waals surface area contributed by atoms with Crippen LogP contribution in [0.3, 0.4) is 0 Å². The molecule has 26 atom stereocenters. The van der Waals surface area contributed by atoms with Gasteiger partial charge in [-0.05, 0) is 207 Å². The first-order valence-corrected chi connectivity index (χ1v) is 35.9. The van der Waals surface area contributed by atoms with E-state index < -0.39 is 48.6 Å². The van der Waals surface area contributed by atoms with E-state index in [0.717, 1.165) is 75.3 Å². The molecule has 0 bridgehead atoms. The van der Waals surface area contributed by atoms with Crippen molar-refractivity contribution >= 4 is 23.8 Å². The van der Waals surface area contributed by atoms with E-state index in [0.29, 0.717) is 49.9 Å². The molecule has 20 heteroatoms. The highest BCUT2D eigenvalue weighted by Gasteiger charge is 2.68. The van der Waals surface area contributed by atoms with Crippen LogP contribution in [0.1, 0.15) is 204 Å². The molecule has 14 rings (SSSR count). The fourth-order valence-electron chi connectivity index (χ4n) is 23.2. The summed E-state index contributed by atoms with van der Waals surface area (Å²) >= 11 is 0. The third-order valence-corrected chi connectivity index (χ3v) is 28.3. The van der Waals surface area contributed by atoms with E-state index in [9.17, 15) is 49.8 Å². The number of nitrogens with zero attached hydrogens (tertiary/aromatic N) is 8. The minimum absolute atomic E-state index is 0.000855. The number of rotatable bonds is 19. The Hall–Kier alpha value is -5.64. The zero-order chi connectivity index (χ0) is 65.9. The Morgan fingerprint density at radius 3 is 1.31 bits per heavy atom. The molecule has 10 aliphatic rings. The molecule has 0 spiro atoms. The van der Waals surface area contributed by atoms with Crippen LogP contribution in [-0.4, -0.2) is 144 Å². The van der Waals surface area contributed by atoms with Gasteiger partial charge >= 0.3 is 11.9 Å². The fraction of sp³-hybridized carbons (Fsp3) is 0.730. The number of fused-ring (bicyclic) bond motifs is 10. The maximum absolute atomic E-state index is 14.4. The van der Waals surface area contributed by atoms with Crippen LogP contribution < -0.4 is 0 Å². The number of aliphatic hydroxyl groups excluding tert-OH is 6. The van der Waals surface area contributed by atoms with Gasteiger partial charge in [0.05, 0.1) is 61.1 Å². The molecule has 4 aromatic rings. The second kappa shape index (κ2) is 25.3. The van der Waals surface area contributed by atoms with Crippen LogP contribution >= 0.6 is 0 Å². The van der Waals surface area contributed by atoms with Gasteiger partial charge in [-0.15, -0.1) is 10.2 Å². The van der Waals surface area contributed by atoms with E-state index in [4.69, 9.17) is 9.47 Å². The monoisotopic (exact) mass is 1290 g/mol. The molecule has 10 fully saturated rings. The second-order valence-corrected chi connectivity index (χ2v) is 32.4. The Kier molecular flexibility index (Phi) is 17.7. The van der Waals surface area contributed by atoms with Gasteiger partial charge in [-0.1, -0.05) is 113 Å². The molecule has 2 aromatic heterocycles. The summed E-state index contributed by atoms with van der Waals surface area (Å²) < 4.78 is 14.7. The smallest absolute Gasteiger partial charge is 0.306 e. The van der Waals surface area contributed by atoms with Crippen molar-refractivity contribution in [3.63, 3.8) is 0 Å². The van der Waals surface area contributed by atoms with Crippen molar-refractivity contribution in [1.29, 1.82) is 0 Å². The number of hydrogen-bond acceptors (Lipinski definition) is 16. The molecule has 20 nitrogen and oxygen atoms in total. The van der Waals surface area contributed by atoms with Gasteiger partial charge in [0.15, 0.2) is 12.1 Å². The summed E-state index contributed by atoms with van der Waals surface area (Å²) in [5.41, 5.74) is 1.86. The summed E-state index contributed by atoms with van der Waals surface area (Å²) in [6.07, 6.45) is 13.8. The number of benzene rings is 2. The molecule has 0 unspecified atom stereocenters. The van der Waals surface area contributed by atoms with Crippen LogP contribution in [0.15, 0.2) is 73.1 Å². The molecule has 6 N–H and O–H groups in total. The van der Waals surface area contributed by atoms with E-state index in [-0.39, 0.29) is 168 Å². The molecule has 8 saturated carbocycles. The van der Waals surface area contributed by atoms with Gasteiger partial charge < -0.3 is 49.9 Å². The van der Waals surface area contributed by atoms with Crippen LogP contribution in [0.5, 0.6) is 0 Å². The van der Waals surface area contributed by atoms with Crippen molar-refractivity contribution in [1.82, 2.24) is 39.8 Å². The standard InChI is InChI=1S/C74H102N8O12/c1-41(51-19-21-53-63-55(35-59(87)73(51,53)5)71(3)27-25-49(83)31-45(71)33-57(63)85)17-23-61(89)93-39-47-37-81(77-75-47)67-65(43-13-9-7-10-14-43)79(69(67)91)29-30-80-66(44-15-11-8-12-16-44)68(70(80)92)82-38-48(76-78-82)40-94-62(90)24-18-42(2)52-20-22-54-64-56(36-60(88)74(52,54)6)72(4)28-26-50(84)32-46(72)34-58(64)86/h7-16,37-38,41-42,45-46,49-60,63-68,83-88H,17-36,39-40H2,1-6H3/t41-,42-,45+,46+,49-,50-,51-,52-,53+,54+,55+,56+,57-,58-,59+,60+,63+,64+,65-,66+,67+,68-,71+,72+,73-,74-/m1/s1. The van der Waals surface area contributed by atoms with Crippen molar-refractivity contribution in [2.45, 2.75) is 231 Å². The van der Waals surface area contributed by atoms with Crippen LogP contribution in [0.4, 0.5) is 0 Å². The number of hydrogen-bond donors (Lipinski definition) is 6. The lowest BCUT2D eigenvalue weighted by Gasteiger charge is -2.63. The highest BCUT2D eigenvalue weighted by atomic mass is 16.5. The van der Waals surface area contributed by atoms with Crippen LogP contribution in [0.25, 0.3) is 0 Å². The van der Waals surface area contributed by atoms with Gasteiger partial charge in [0, 0.05) is 25.9 Å². The van der Waals surface area contributed by atoms with Gasteiger partial charge in [0.25, 0.3) is 11.8 Å². The molecule has 8 aliphatic carbocycles. The predicted molar refractivity (Wildman–Crippen MR) is 344 cm³/mol. The highest BCUT2D eigenvalue weighted by molar-refractivity contribution is 5.89. The lowest BCUT2D eigenvalue weighted by molar-refractivity contribution is -0.207. The van der Waals surface area contributed by atoms with E-state index in [1.54, 1.807) is 31.6 Å². The first-order valence-electron chi connectivity index (χ1n) is 35.9. The first kappa shape index (κ1) is 65.6. The number of carbonyl (C=O) groups is 4. The number of aliphatic hydroxyl groups is 6. The lowest BCUT2D eigenvalue weighted by Crippen LogP contribution is -2.62. The molecular formula is C74H102N8O12. The third kappa shape index (κ3) is 11.0. The number of β-lactam (4-membered cyclic amide) rings is 2. The number of aromatic nitrogens is 6. The number of carbonyl (C=O) groups excluding carboxylic acids is 4. The molecular weight excluding hydrogens is 1190 g/mol. The van der Waals surface area contributed by atoms with Crippen LogP contribution in [-0.2, 0) is 41.9 Å². The molecule has 4 heterocycles. The van der Waals surface area contributed by atoms with E-state index in [1.807, 2.05) is 60.7 Å². The molecule has 0 radical (unpaired) electrons. The SMILES string of the molecule is C[C@H](CCC(=O)OCc1cn([C@@H]2C(=O)N(CCN3C(=O)[C@H](n4cc(COC(=O)CC[C@@H](C)[C@H]5CC[C@H]6[C@@H]7[C@H](O)C[C@@H]8C[C@H](O)CC[C@]8(C)[C@H]7C[C@H](O)[C@]56C)nn4)[C@@H]3c3ccccc3)[C@@H]2c2ccccc2)nn1)[C@H]1CC[C@H]2[C@@H]3[C@H](O)C[C@@H]4C[C@H](O)CC[C@]4(C)[C@H]3C[C@H](O)[C@]12C. The molecule has 2 aliphatic heterocycles. The molecule has 2 saturated heterocycles. The van der Waals surface area contributed by atoms with Crippen LogP contribution in [0.2, 0.25) is 0 Å². The summed E-state index contributed by atoms with van der Waals surface area (Å²) in [6.45, 7) is 13.8. The third-order valence-electron chi connectivity index (χ3n) is 28.3. The van der Waals surface area contributed by atoms with Gasteiger partial charge in [0.2, 0.25) is 0 Å². The molecule has 2 aromatic carbocycles. The number of ether oxygens (including phenoxy) is 2. The highest BCUT2D eigenvalue weighted by Crippen LogP contribution is 2.70. The van der Waals surface area contributed by atoms with Crippen molar-refractivity contribution in [3.8, 4) is 0 Å². The minimum atomic E-state index is -0.728. The molecule has 2 amide bonds. The maximum atomic E-state index is 14.4. The van der Waals surface area contributed by atoms with Gasteiger partial charge in [0.1, 0.15) is 24.6 Å². The van der Waals surface area contributed by atoms with Crippen molar-refractivity contribution in [2.75, 3.05) is 13.1 Å². The lowest BCUT2D eigenvalue weighted by atomic mass is 9.43. The first-order chi connectivity index (χ1) is 45.0.